The molecule has 2 rings (SSSR count). The number of ketones is 2. The van der Waals surface area contributed by atoms with Crippen molar-refractivity contribution in [3.8, 4) is 0 Å². The monoisotopic (exact) mass is 292 g/mol. The zero-order valence-electron chi connectivity index (χ0n) is 7.23. The molecule has 0 unspecified atom stereocenters. The van der Waals surface area contributed by atoms with E-state index in [0.29, 0.717) is 0 Å². The van der Waals surface area contributed by atoms with Crippen LogP contribution in [0.2, 0.25) is 0 Å². The van der Waals surface area contributed by atoms with E-state index < -0.39 is 17.4 Å². The third-order valence-corrected chi connectivity index (χ3v) is 2.05. The number of benzene rings is 1. The standard InChI is InChI=1S/C9H6O4.Cd/c10-7-5-3-1-2-4-6(5)8(11)9(7,12)13;/h1-4,12-13H;. The second kappa shape index (κ2) is 3.52. The molecule has 1 aliphatic carbocycles. The molecule has 0 aromatic heterocycles. The summed E-state index contributed by atoms with van der Waals surface area (Å²) in [6.07, 6.45) is 0. The van der Waals surface area contributed by atoms with Crippen LogP contribution in [0.1, 0.15) is 20.7 Å². The molecule has 1 aliphatic rings. The normalized spacial score (nSPS) is 17.6. The smallest absolute Gasteiger partial charge is 0.295 e. The van der Waals surface area contributed by atoms with Gasteiger partial charge in [-0.15, -0.1) is 0 Å². The Hall–Kier alpha value is -0.598. The van der Waals surface area contributed by atoms with Gasteiger partial charge >= 0.3 is 0 Å². The Balaban J connectivity index is 0.000000980. The van der Waals surface area contributed by atoms with E-state index in [-0.39, 0.29) is 38.4 Å². The van der Waals surface area contributed by atoms with Gasteiger partial charge < -0.3 is 10.2 Å². The van der Waals surface area contributed by atoms with E-state index in [9.17, 15) is 9.59 Å². The molecule has 1 aromatic carbocycles. The van der Waals surface area contributed by atoms with Crippen molar-refractivity contribution in [2.45, 2.75) is 5.79 Å². The minimum atomic E-state index is -2.86. The van der Waals surface area contributed by atoms with Crippen LogP contribution in [0, 0.1) is 0 Å². The van der Waals surface area contributed by atoms with Crippen LogP contribution in [-0.4, -0.2) is 27.6 Å². The zero-order valence-corrected chi connectivity index (χ0v) is 11.3. The first-order valence-electron chi connectivity index (χ1n) is 3.68. The van der Waals surface area contributed by atoms with Crippen LogP contribution >= 0.6 is 0 Å². The summed E-state index contributed by atoms with van der Waals surface area (Å²) in [6.45, 7) is 0. The molecule has 0 spiro atoms. The fourth-order valence-corrected chi connectivity index (χ4v) is 1.36. The average molecular weight is 291 g/mol. The summed E-state index contributed by atoms with van der Waals surface area (Å²) >= 11 is 0. The van der Waals surface area contributed by atoms with E-state index in [1.54, 1.807) is 12.1 Å². The second-order valence-corrected chi connectivity index (χ2v) is 2.88. The van der Waals surface area contributed by atoms with Gasteiger partial charge in [0.2, 0.25) is 11.6 Å². The molecule has 5 heteroatoms. The van der Waals surface area contributed by atoms with E-state index in [2.05, 4.69) is 0 Å². The van der Waals surface area contributed by atoms with Crippen LogP contribution in [0.15, 0.2) is 24.3 Å². The van der Waals surface area contributed by atoms with E-state index in [1.807, 2.05) is 0 Å². The first kappa shape index (κ1) is 11.5. The minimum absolute atomic E-state index is 0. The number of carbonyl (C=O) groups excluding carboxylic acids is 2. The molecule has 0 fully saturated rings. The topological polar surface area (TPSA) is 74.6 Å². The van der Waals surface area contributed by atoms with E-state index in [4.69, 9.17) is 10.2 Å². The number of hydrogen-bond acceptors (Lipinski definition) is 4. The van der Waals surface area contributed by atoms with Crippen molar-refractivity contribution in [1.29, 1.82) is 0 Å². The van der Waals surface area contributed by atoms with Crippen LogP contribution in [0.3, 0.4) is 0 Å². The number of carbonyl (C=O) groups is 2. The molecule has 14 heavy (non-hydrogen) atoms. The maximum Gasteiger partial charge on any atom is 0.295 e. The summed E-state index contributed by atoms with van der Waals surface area (Å²) in [5, 5.41) is 18.2. The van der Waals surface area contributed by atoms with Gasteiger partial charge in [0.15, 0.2) is 0 Å². The van der Waals surface area contributed by atoms with Crippen LogP contribution in [-0.2, 0) is 27.3 Å². The largest absolute Gasteiger partial charge is 0.353 e. The number of fused-ring (bicyclic) bond motifs is 1. The van der Waals surface area contributed by atoms with Gasteiger partial charge in [0, 0.05) is 38.4 Å². The maximum atomic E-state index is 11.2. The average Bonchev–Trinajstić information content (AvgIpc) is 2.30. The summed E-state index contributed by atoms with van der Waals surface area (Å²) in [7, 11) is 0. The van der Waals surface area contributed by atoms with Gasteiger partial charge in [0.05, 0.1) is 0 Å². The van der Waals surface area contributed by atoms with Gasteiger partial charge in [-0.1, -0.05) is 24.3 Å². The van der Waals surface area contributed by atoms with Crippen molar-refractivity contribution < 1.29 is 47.1 Å². The molecule has 0 aliphatic heterocycles. The third kappa shape index (κ3) is 1.33. The first-order chi connectivity index (χ1) is 6.05. The summed E-state index contributed by atoms with van der Waals surface area (Å²) in [4.78, 5) is 22.4. The third-order valence-electron chi connectivity index (χ3n) is 2.05. The molecule has 0 bridgehead atoms. The molecule has 0 heterocycles. The van der Waals surface area contributed by atoms with Gasteiger partial charge in [-0.05, 0) is 0 Å². The van der Waals surface area contributed by atoms with Crippen LogP contribution < -0.4 is 0 Å². The quantitative estimate of drug-likeness (QED) is 0.392. The Morgan fingerprint density at radius 2 is 1.29 bits per heavy atom. The van der Waals surface area contributed by atoms with E-state index >= 15 is 0 Å². The van der Waals surface area contributed by atoms with Crippen molar-refractivity contribution >= 4 is 11.6 Å². The predicted molar refractivity (Wildman–Crippen MR) is 42.3 cm³/mol. The number of hydrogen-bond donors (Lipinski definition) is 2. The minimum Gasteiger partial charge on any atom is -0.353 e. The Morgan fingerprint density at radius 1 is 0.929 bits per heavy atom. The Morgan fingerprint density at radius 3 is 1.64 bits per heavy atom. The first-order valence-corrected chi connectivity index (χ1v) is 3.68. The Kier molecular flexibility index (Phi) is 2.89. The Bertz CT molecular complexity index is 374. The van der Waals surface area contributed by atoms with E-state index in [1.165, 1.54) is 12.1 Å². The van der Waals surface area contributed by atoms with E-state index in [0.717, 1.165) is 0 Å². The van der Waals surface area contributed by atoms with Crippen LogP contribution in [0.5, 0.6) is 0 Å². The molecule has 0 saturated carbocycles. The zero-order chi connectivity index (χ0) is 9.64. The molecular weight excluding hydrogens is 285 g/mol. The second-order valence-electron chi connectivity index (χ2n) is 2.88. The van der Waals surface area contributed by atoms with Crippen molar-refractivity contribution in [2.24, 2.45) is 0 Å². The Labute approximate surface area is 99.7 Å². The summed E-state index contributed by atoms with van der Waals surface area (Å²) in [5.41, 5.74) is 0.134. The number of aliphatic hydroxyl groups is 2. The molecule has 0 saturated heterocycles. The SMILES string of the molecule is O=C1c2ccccc2C(=O)C1(O)O.[Cd]. The van der Waals surface area contributed by atoms with Gasteiger partial charge in [-0.3, -0.25) is 9.59 Å². The summed E-state index contributed by atoms with van der Waals surface area (Å²) in [5.74, 6) is -4.76. The number of rotatable bonds is 0. The van der Waals surface area contributed by atoms with Crippen LogP contribution in [0.4, 0.5) is 0 Å². The van der Waals surface area contributed by atoms with Crippen molar-refractivity contribution in [1.82, 2.24) is 0 Å². The van der Waals surface area contributed by atoms with Crippen molar-refractivity contribution in [2.75, 3.05) is 0 Å². The predicted octanol–water partition coefficient (Wildman–Crippen LogP) is -0.256. The molecule has 68 valence electrons. The number of Topliss-reactive ketones (excluding diaryl/α,β-unsaturated/α-hetero) is 2. The molecule has 2 N–H and O–H groups in total. The molecule has 1 aromatic rings. The van der Waals surface area contributed by atoms with Gasteiger partial charge in [0.25, 0.3) is 5.79 Å². The van der Waals surface area contributed by atoms with Crippen molar-refractivity contribution in [3.63, 3.8) is 0 Å². The summed E-state index contributed by atoms with van der Waals surface area (Å²) < 4.78 is 0. The molecule has 0 amide bonds. The van der Waals surface area contributed by atoms with Crippen molar-refractivity contribution in [3.05, 3.63) is 35.4 Å². The molecule has 4 nitrogen and oxygen atoms in total. The fourth-order valence-electron chi connectivity index (χ4n) is 1.36. The van der Waals surface area contributed by atoms with Gasteiger partial charge in [-0.2, -0.15) is 0 Å². The summed E-state index contributed by atoms with van der Waals surface area (Å²) in [6, 6.07) is 5.91. The maximum absolute atomic E-state index is 11.2. The molecular formula is C9H6CdO4. The molecule has 0 atom stereocenters. The fraction of sp³-hybridized carbons (Fsp3) is 0.111. The van der Waals surface area contributed by atoms with Gasteiger partial charge in [0.1, 0.15) is 0 Å². The van der Waals surface area contributed by atoms with Crippen LogP contribution in [0.25, 0.3) is 0 Å². The molecule has 0 radical (unpaired) electrons. The van der Waals surface area contributed by atoms with Gasteiger partial charge in [-0.25, -0.2) is 0 Å².